The summed E-state index contributed by atoms with van der Waals surface area (Å²) in [4.78, 5) is 0. The van der Waals surface area contributed by atoms with E-state index in [0.717, 1.165) is 12.8 Å². The summed E-state index contributed by atoms with van der Waals surface area (Å²) in [5.41, 5.74) is 9.40. The summed E-state index contributed by atoms with van der Waals surface area (Å²) < 4.78 is 0. The highest BCUT2D eigenvalue weighted by atomic mass is 14.3. The smallest absolute Gasteiger partial charge is 0.0104 e. The first-order valence-corrected chi connectivity index (χ1v) is 9.55. The van der Waals surface area contributed by atoms with Gasteiger partial charge >= 0.3 is 0 Å². The van der Waals surface area contributed by atoms with Crippen LogP contribution in [0, 0.1) is 0 Å². The average Bonchev–Trinajstić information content (AvgIpc) is 2.92. The lowest BCUT2D eigenvalue weighted by Gasteiger charge is -2.19. The van der Waals surface area contributed by atoms with Gasteiger partial charge in [0, 0.05) is 5.92 Å². The molecular weight excluding hydrogens is 276 g/mol. The molecule has 0 N–H and O–H groups in total. The minimum absolute atomic E-state index is 0.625. The van der Waals surface area contributed by atoms with Crippen molar-refractivity contribution in [3.63, 3.8) is 0 Å². The van der Waals surface area contributed by atoms with E-state index in [9.17, 15) is 0 Å². The number of aryl methyl sites for hydroxylation is 1. The first-order chi connectivity index (χ1) is 11.3. The third kappa shape index (κ3) is 2.96. The number of unbranched alkanes of at least 4 members (excludes halogenated alkanes) is 3. The normalized spacial score (nSPS) is 15.5. The number of benzene rings is 2. The molecule has 23 heavy (non-hydrogen) atoms. The van der Waals surface area contributed by atoms with Gasteiger partial charge in [-0.2, -0.15) is 0 Å². The second-order valence-electron chi connectivity index (χ2n) is 6.86. The molecule has 0 fully saturated rings. The summed E-state index contributed by atoms with van der Waals surface area (Å²) >= 11 is 0. The van der Waals surface area contributed by atoms with Crippen LogP contribution in [0.2, 0.25) is 0 Å². The predicted octanol–water partition coefficient (Wildman–Crippen LogP) is 6.89. The Morgan fingerprint density at radius 3 is 2.35 bits per heavy atom. The quantitative estimate of drug-likeness (QED) is 0.488. The van der Waals surface area contributed by atoms with Crippen molar-refractivity contribution in [1.82, 2.24) is 0 Å². The van der Waals surface area contributed by atoms with Crippen molar-refractivity contribution in [2.24, 2.45) is 0 Å². The van der Waals surface area contributed by atoms with Crippen molar-refractivity contribution in [2.75, 3.05) is 0 Å². The molecule has 0 bridgehead atoms. The lowest BCUT2D eigenvalue weighted by Crippen LogP contribution is -2.04. The van der Waals surface area contributed by atoms with Crippen LogP contribution in [0.4, 0.5) is 0 Å². The van der Waals surface area contributed by atoms with Crippen LogP contribution < -0.4 is 0 Å². The summed E-state index contributed by atoms with van der Waals surface area (Å²) in [6, 6.07) is 13.9. The standard InChI is InChI=1S/C23H30/c1-4-7-8-9-14-21-19-12-10-11-13-20(19)22-16-15-17(5-2)18(6-3)23(21)22/h10-13,15-16,21H,4-9,14H2,1-3H3. The summed E-state index contributed by atoms with van der Waals surface area (Å²) in [6.07, 6.45) is 9.03. The molecule has 0 saturated heterocycles. The van der Waals surface area contributed by atoms with Gasteiger partial charge in [0.15, 0.2) is 0 Å². The Kier molecular flexibility index (Phi) is 5.20. The zero-order valence-corrected chi connectivity index (χ0v) is 15.0. The Labute approximate surface area is 141 Å². The van der Waals surface area contributed by atoms with Crippen LogP contribution in [0.1, 0.15) is 81.0 Å². The van der Waals surface area contributed by atoms with E-state index in [-0.39, 0.29) is 0 Å². The topological polar surface area (TPSA) is 0 Å². The second-order valence-corrected chi connectivity index (χ2v) is 6.86. The van der Waals surface area contributed by atoms with Gasteiger partial charge in [-0.05, 0) is 52.6 Å². The van der Waals surface area contributed by atoms with Crippen molar-refractivity contribution in [3.05, 3.63) is 58.7 Å². The largest absolute Gasteiger partial charge is 0.0654 e. The molecule has 0 heteroatoms. The van der Waals surface area contributed by atoms with E-state index in [2.05, 4.69) is 57.2 Å². The molecule has 0 nitrogen and oxygen atoms in total. The van der Waals surface area contributed by atoms with Gasteiger partial charge in [0.25, 0.3) is 0 Å². The number of hydrogen-bond acceptors (Lipinski definition) is 0. The molecule has 1 unspecified atom stereocenters. The highest BCUT2D eigenvalue weighted by Crippen LogP contribution is 2.49. The lowest BCUT2D eigenvalue weighted by atomic mass is 9.85. The maximum Gasteiger partial charge on any atom is 0.0104 e. The Morgan fingerprint density at radius 2 is 1.61 bits per heavy atom. The Hall–Kier alpha value is -1.56. The molecule has 1 atom stereocenters. The molecule has 3 rings (SSSR count). The van der Waals surface area contributed by atoms with Crippen LogP contribution in [-0.2, 0) is 12.8 Å². The minimum Gasteiger partial charge on any atom is -0.0654 e. The van der Waals surface area contributed by atoms with E-state index in [1.165, 1.54) is 43.2 Å². The molecule has 0 amide bonds. The van der Waals surface area contributed by atoms with Gasteiger partial charge in [-0.15, -0.1) is 0 Å². The first-order valence-electron chi connectivity index (χ1n) is 9.55. The molecular formula is C23H30. The summed E-state index contributed by atoms with van der Waals surface area (Å²) in [7, 11) is 0. The molecule has 0 spiro atoms. The third-order valence-electron chi connectivity index (χ3n) is 5.51. The van der Waals surface area contributed by atoms with Crippen LogP contribution in [0.15, 0.2) is 36.4 Å². The molecule has 122 valence electrons. The zero-order valence-electron chi connectivity index (χ0n) is 15.0. The van der Waals surface area contributed by atoms with Gasteiger partial charge in [0.1, 0.15) is 0 Å². The SMILES string of the molecule is CCCCCCC1c2ccccc2-c2ccc(CC)c(CC)c21. The summed E-state index contributed by atoms with van der Waals surface area (Å²) in [5.74, 6) is 0.625. The molecule has 1 aliphatic carbocycles. The van der Waals surface area contributed by atoms with Crippen molar-refractivity contribution in [1.29, 1.82) is 0 Å². The van der Waals surface area contributed by atoms with Gasteiger partial charge in [-0.25, -0.2) is 0 Å². The average molecular weight is 306 g/mol. The van der Waals surface area contributed by atoms with E-state index in [0.29, 0.717) is 5.92 Å². The molecule has 2 aromatic rings. The molecule has 0 saturated carbocycles. The van der Waals surface area contributed by atoms with Crippen LogP contribution in [0.25, 0.3) is 11.1 Å². The molecule has 0 heterocycles. The van der Waals surface area contributed by atoms with E-state index in [1.54, 1.807) is 22.3 Å². The maximum atomic E-state index is 2.39. The van der Waals surface area contributed by atoms with Gasteiger partial charge in [-0.1, -0.05) is 82.9 Å². The Morgan fingerprint density at radius 1 is 0.783 bits per heavy atom. The summed E-state index contributed by atoms with van der Waals surface area (Å²) in [5, 5.41) is 0. The van der Waals surface area contributed by atoms with E-state index in [4.69, 9.17) is 0 Å². The minimum atomic E-state index is 0.625. The maximum absolute atomic E-state index is 2.39. The molecule has 0 aliphatic heterocycles. The van der Waals surface area contributed by atoms with Gasteiger partial charge in [0.05, 0.1) is 0 Å². The summed E-state index contributed by atoms with van der Waals surface area (Å²) in [6.45, 7) is 6.91. The number of rotatable bonds is 7. The van der Waals surface area contributed by atoms with Gasteiger partial charge < -0.3 is 0 Å². The Bertz CT molecular complexity index is 666. The first kappa shape index (κ1) is 16.3. The number of hydrogen-bond donors (Lipinski definition) is 0. The second kappa shape index (κ2) is 7.34. The van der Waals surface area contributed by atoms with Crippen LogP contribution in [0.5, 0.6) is 0 Å². The molecule has 1 aliphatic rings. The highest BCUT2D eigenvalue weighted by Gasteiger charge is 2.30. The lowest BCUT2D eigenvalue weighted by molar-refractivity contribution is 0.599. The van der Waals surface area contributed by atoms with Crippen LogP contribution in [0.3, 0.4) is 0 Å². The van der Waals surface area contributed by atoms with Crippen molar-refractivity contribution < 1.29 is 0 Å². The fraction of sp³-hybridized carbons (Fsp3) is 0.478. The van der Waals surface area contributed by atoms with Crippen molar-refractivity contribution >= 4 is 0 Å². The van der Waals surface area contributed by atoms with Gasteiger partial charge in [0.2, 0.25) is 0 Å². The van der Waals surface area contributed by atoms with Crippen LogP contribution in [-0.4, -0.2) is 0 Å². The van der Waals surface area contributed by atoms with E-state index in [1.807, 2.05) is 0 Å². The fourth-order valence-electron chi connectivity index (χ4n) is 4.37. The molecule has 2 aromatic carbocycles. The monoisotopic (exact) mass is 306 g/mol. The fourth-order valence-corrected chi connectivity index (χ4v) is 4.37. The van der Waals surface area contributed by atoms with Crippen molar-refractivity contribution in [2.45, 2.75) is 71.6 Å². The number of fused-ring (bicyclic) bond motifs is 3. The van der Waals surface area contributed by atoms with Crippen molar-refractivity contribution in [3.8, 4) is 11.1 Å². The highest BCUT2D eigenvalue weighted by molar-refractivity contribution is 5.80. The van der Waals surface area contributed by atoms with E-state index < -0.39 is 0 Å². The predicted molar refractivity (Wildman–Crippen MR) is 101 cm³/mol. The molecule has 0 aromatic heterocycles. The third-order valence-corrected chi connectivity index (χ3v) is 5.51. The Balaban J connectivity index is 2.03. The van der Waals surface area contributed by atoms with E-state index >= 15 is 0 Å². The van der Waals surface area contributed by atoms with Gasteiger partial charge in [-0.3, -0.25) is 0 Å². The van der Waals surface area contributed by atoms with Crippen LogP contribution >= 0.6 is 0 Å². The zero-order chi connectivity index (χ0) is 16.2. The molecule has 0 radical (unpaired) electrons.